The van der Waals surface area contributed by atoms with Gasteiger partial charge in [0.1, 0.15) is 0 Å². The third-order valence-corrected chi connectivity index (χ3v) is 5.57. The second-order valence-electron chi connectivity index (χ2n) is 6.92. The summed E-state index contributed by atoms with van der Waals surface area (Å²) in [5.74, 6) is 0.892. The number of nitrogens with two attached hydrogens (primary N) is 1. The van der Waals surface area contributed by atoms with Crippen LogP contribution in [0.1, 0.15) is 47.0 Å². The highest BCUT2D eigenvalue weighted by molar-refractivity contribution is 5.85. The Balaban J connectivity index is 0.00000162. The van der Waals surface area contributed by atoms with E-state index in [0.717, 1.165) is 6.42 Å². The number of halogens is 1. The maximum Gasteiger partial charge on any atom is 0.224 e. The number of amides is 1. The molecule has 0 saturated heterocycles. The van der Waals surface area contributed by atoms with Crippen molar-refractivity contribution >= 4 is 18.3 Å². The molecule has 0 aromatic carbocycles. The van der Waals surface area contributed by atoms with Crippen molar-refractivity contribution < 1.29 is 4.79 Å². The molecule has 2 unspecified atom stereocenters. The maximum absolute atomic E-state index is 12.3. The van der Waals surface area contributed by atoms with Gasteiger partial charge in [-0.25, -0.2) is 0 Å². The summed E-state index contributed by atoms with van der Waals surface area (Å²) < 4.78 is 0. The molecular weight excluding hydrogens is 248 g/mol. The summed E-state index contributed by atoms with van der Waals surface area (Å²) in [5.41, 5.74) is 6.01. The number of nitrogens with one attached hydrogen (secondary N) is 1. The van der Waals surface area contributed by atoms with Crippen LogP contribution < -0.4 is 11.1 Å². The molecule has 2 fully saturated rings. The third-order valence-electron chi connectivity index (χ3n) is 5.57. The first kappa shape index (κ1) is 15.8. The van der Waals surface area contributed by atoms with Crippen LogP contribution >= 0.6 is 12.4 Å². The molecule has 2 aliphatic carbocycles. The quantitative estimate of drug-likeness (QED) is 0.830. The number of hydrogen-bond donors (Lipinski definition) is 2. The lowest BCUT2D eigenvalue weighted by Crippen LogP contribution is -2.41. The van der Waals surface area contributed by atoms with Crippen molar-refractivity contribution in [2.45, 2.75) is 53.0 Å². The second kappa shape index (κ2) is 5.01. The molecule has 0 aliphatic heterocycles. The Labute approximate surface area is 117 Å². The van der Waals surface area contributed by atoms with Crippen LogP contribution in [0.15, 0.2) is 0 Å². The minimum absolute atomic E-state index is 0. The van der Waals surface area contributed by atoms with E-state index in [1.54, 1.807) is 0 Å². The topological polar surface area (TPSA) is 55.1 Å². The monoisotopic (exact) mass is 274 g/mol. The van der Waals surface area contributed by atoms with Gasteiger partial charge < -0.3 is 11.1 Å². The molecule has 2 aliphatic rings. The van der Waals surface area contributed by atoms with E-state index in [4.69, 9.17) is 5.73 Å². The van der Waals surface area contributed by atoms with Gasteiger partial charge in [0.2, 0.25) is 5.91 Å². The van der Waals surface area contributed by atoms with Gasteiger partial charge in [0.05, 0.1) is 0 Å². The highest BCUT2D eigenvalue weighted by atomic mass is 35.5. The van der Waals surface area contributed by atoms with Crippen molar-refractivity contribution in [2.75, 3.05) is 6.54 Å². The lowest BCUT2D eigenvalue weighted by molar-refractivity contribution is -0.124. The molecule has 0 aromatic heterocycles. The van der Waals surface area contributed by atoms with Crippen LogP contribution in [0.25, 0.3) is 0 Å². The molecule has 3 N–H and O–H groups in total. The van der Waals surface area contributed by atoms with Gasteiger partial charge in [-0.2, -0.15) is 0 Å². The highest BCUT2D eigenvalue weighted by Crippen LogP contribution is 2.68. The van der Waals surface area contributed by atoms with E-state index in [2.05, 4.69) is 33.0 Å². The summed E-state index contributed by atoms with van der Waals surface area (Å²) in [7, 11) is 0. The number of carbonyl (C=O) groups is 1. The normalized spacial score (nSPS) is 32.7. The zero-order valence-corrected chi connectivity index (χ0v) is 12.8. The number of rotatable bonds is 3. The molecule has 18 heavy (non-hydrogen) atoms. The van der Waals surface area contributed by atoms with Gasteiger partial charge in [-0.05, 0) is 36.1 Å². The van der Waals surface area contributed by atoms with Crippen LogP contribution in [-0.4, -0.2) is 18.5 Å². The zero-order chi connectivity index (χ0) is 12.8. The van der Waals surface area contributed by atoms with Crippen LogP contribution in [0.4, 0.5) is 0 Å². The van der Waals surface area contributed by atoms with Crippen LogP contribution in [-0.2, 0) is 4.79 Å². The highest BCUT2D eigenvalue weighted by Gasteiger charge is 2.68. The molecular formula is C14H27ClN2O. The first-order valence-electron chi connectivity index (χ1n) is 6.83. The zero-order valence-electron chi connectivity index (χ0n) is 12.0. The second-order valence-corrected chi connectivity index (χ2v) is 6.92. The maximum atomic E-state index is 12.3. The average molecular weight is 275 g/mol. The summed E-state index contributed by atoms with van der Waals surface area (Å²) in [4.78, 5) is 12.3. The van der Waals surface area contributed by atoms with Gasteiger partial charge in [0, 0.05) is 12.0 Å². The van der Waals surface area contributed by atoms with Crippen LogP contribution in [0.3, 0.4) is 0 Å². The van der Waals surface area contributed by atoms with Crippen LogP contribution in [0.2, 0.25) is 0 Å². The predicted octanol–water partition coefficient (Wildman–Crippen LogP) is 2.33. The molecule has 2 rings (SSSR count). The molecule has 0 bridgehead atoms. The van der Waals surface area contributed by atoms with Crippen LogP contribution in [0, 0.1) is 22.7 Å². The predicted molar refractivity (Wildman–Crippen MR) is 76.6 cm³/mol. The Morgan fingerprint density at radius 1 is 1.22 bits per heavy atom. The van der Waals surface area contributed by atoms with Gasteiger partial charge >= 0.3 is 0 Å². The summed E-state index contributed by atoms with van der Waals surface area (Å²) in [6, 6.07) is 0.319. The van der Waals surface area contributed by atoms with E-state index < -0.39 is 0 Å². The molecule has 2 saturated carbocycles. The number of hydrogen-bond acceptors (Lipinski definition) is 2. The van der Waals surface area contributed by atoms with Crippen molar-refractivity contribution in [3.05, 3.63) is 0 Å². The molecule has 0 aromatic rings. The van der Waals surface area contributed by atoms with Crippen molar-refractivity contribution in [3.8, 4) is 0 Å². The minimum atomic E-state index is 0. The Morgan fingerprint density at radius 3 is 2.22 bits per heavy atom. The van der Waals surface area contributed by atoms with Crippen molar-refractivity contribution in [1.82, 2.24) is 5.32 Å². The van der Waals surface area contributed by atoms with Crippen molar-refractivity contribution in [3.63, 3.8) is 0 Å². The first-order valence-corrected chi connectivity index (χ1v) is 6.83. The summed E-state index contributed by atoms with van der Waals surface area (Å²) in [6.07, 6.45) is 3.46. The molecule has 1 amide bonds. The molecule has 0 spiro atoms. The van der Waals surface area contributed by atoms with E-state index in [9.17, 15) is 4.79 Å². The molecule has 0 heterocycles. The smallest absolute Gasteiger partial charge is 0.224 e. The lowest BCUT2D eigenvalue weighted by Gasteiger charge is -2.20. The van der Waals surface area contributed by atoms with E-state index in [-0.39, 0.29) is 35.1 Å². The first-order chi connectivity index (χ1) is 7.82. The Hall–Kier alpha value is -0.280. The lowest BCUT2D eigenvalue weighted by atomic mass is 10.0. The fraction of sp³-hybridized carbons (Fsp3) is 0.929. The Kier molecular flexibility index (Phi) is 4.39. The van der Waals surface area contributed by atoms with Crippen molar-refractivity contribution in [2.24, 2.45) is 28.4 Å². The Morgan fingerprint density at radius 2 is 1.78 bits per heavy atom. The third kappa shape index (κ3) is 2.27. The number of carbonyl (C=O) groups excluding carboxylic acids is 1. The van der Waals surface area contributed by atoms with E-state index in [1.165, 1.54) is 12.8 Å². The van der Waals surface area contributed by atoms with Crippen LogP contribution in [0.5, 0.6) is 0 Å². The van der Waals surface area contributed by atoms with Gasteiger partial charge in [0.15, 0.2) is 0 Å². The van der Waals surface area contributed by atoms with E-state index >= 15 is 0 Å². The van der Waals surface area contributed by atoms with E-state index in [1.807, 2.05) is 0 Å². The summed E-state index contributed by atoms with van der Waals surface area (Å²) in [5, 5.41) is 3.23. The summed E-state index contributed by atoms with van der Waals surface area (Å²) in [6.45, 7) is 9.44. The molecule has 0 radical (unpaired) electrons. The standard InChI is InChI=1S/C14H26N2O.ClH/c1-13(2)11(14(13,3)4)12(17)16-10-7-5-6-9(10)8-15;/h9-11H,5-8,15H2,1-4H3,(H,16,17);1H. The minimum Gasteiger partial charge on any atom is -0.353 e. The van der Waals surface area contributed by atoms with E-state index in [0.29, 0.717) is 18.5 Å². The Bertz CT molecular complexity index is 314. The van der Waals surface area contributed by atoms with Gasteiger partial charge in [0.25, 0.3) is 0 Å². The summed E-state index contributed by atoms with van der Waals surface area (Å²) >= 11 is 0. The molecule has 4 heteroatoms. The van der Waals surface area contributed by atoms with Gasteiger partial charge in [-0.3, -0.25) is 4.79 Å². The largest absolute Gasteiger partial charge is 0.353 e. The SMILES string of the molecule is CC1(C)C(C(=O)NC2CCCC2CN)C1(C)C.Cl. The fourth-order valence-electron chi connectivity index (χ4n) is 3.63. The van der Waals surface area contributed by atoms with Crippen molar-refractivity contribution in [1.29, 1.82) is 0 Å². The van der Waals surface area contributed by atoms with Gasteiger partial charge in [-0.15, -0.1) is 12.4 Å². The van der Waals surface area contributed by atoms with Gasteiger partial charge in [-0.1, -0.05) is 34.1 Å². The fourth-order valence-corrected chi connectivity index (χ4v) is 3.63. The molecule has 2 atom stereocenters. The average Bonchev–Trinajstić information content (AvgIpc) is 2.57. The molecule has 106 valence electrons. The molecule has 3 nitrogen and oxygen atoms in total.